The molecule has 0 amide bonds. The molecule has 0 spiro atoms. The molecule has 1 aromatic heterocycles. The lowest BCUT2D eigenvalue weighted by Gasteiger charge is -2.32. The van der Waals surface area contributed by atoms with Crippen molar-refractivity contribution in [3.63, 3.8) is 0 Å². The van der Waals surface area contributed by atoms with Crippen LogP contribution in [0.4, 0.5) is 10.3 Å². The highest BCUT2D eigenvalue weighted by Crippen LogP contribution is 2.24. The van der Waals surface area contributed by atoms with E-state index in [9.17, 15) is 9.18 Å². The Labute approximate surface area is 164 Å². The molecule has 2 heterocycles. The van der Waals surface area contributed by atoms with E-state index in [1.165, 1.54) is 19.2 Å². The molecule has 0 bridgehead atoms. The molecule has 150 valence electrons. The van der Waals surface area contributed by atoms with Gasteiger partial charge in [0.05, 0.1) is 19.3 Å². The van der Waals surface area contributed by atoms with Crippen molar-refractivity contribution in [1.29, 1.82) is 0 Å². The lowest BCUT2D eigenvalue weighted by Crippen LogP contribution is -2.34. The average Bonchev–Trinajstić information content (AvgIpc) is 2.72. The molecule has 0 unspecified atom stereocenters. The van der Waals surface area contributed by atoms with Gasteiger partial charge in [0.15, 0.2) is 0 Å². The first-order chi connectivity index (χ1) is 13.6. The zero-order valence-electron chi connectivity index (χ0n) is 16.4. The summed E-state index contributed by atoms with van der Waals surface area (Å²) in [5.41, 5.74) is 0.984. The number of carbonyl (C=O) groups excluding carboxylic acids is 1. The predicted octanol–water partition coefficient (Wildman–Crippen LogP) is 3.79. The number of aromatic nitrogens is 2. The number of aryl methyl sites for hydroxylation is 1. The van der Waals surface area contributed by atoms with Gasteiger partial charge in [-0.15, -0.1) is 0 Å². The second-order valence-electron chi connectivity index (χ2n) is 7.11. The van der Waals surface area contributed by atoms with Crippen LogP contribution in [0.15, 0.2) is 30.6 Å². The third-order valence-corrected chi connectivity index (χ3v) is 5.04. The van der Waals surface area contributed by atoms with Crippen LogP contribution in [0, 0.1) is 18.7 Å². The number of halogens is 1. The van der Waals surface area contributed by atoms with E-state index in [-0.39, 0.29) is 5.56 Å². The average molecular weight is 387 g/mol. The first-order valence-electron chi connectivity index (χ1n) is 9.61. The van der Waals surface area contributed by atoms with Gasteiger partial charge in [0.25, 0.3) is 0 Å². The van der Waals surface area contributed by atoms with Gasteiger partial charge >= 0.3 is 5.97 Å². The molecule has 1 saturated heterocycles. The van der Waals surface area contributed by atoms with Gasteiger partial charge in [-0.1, -0.05) is 0 Å². The number of carbonyl (C=O) groups is 1. The van der Waals surface area contributed by atoms with Crippen molar-refractivity contribution < 1.29 is 18.7 Å². The number of esters is 1. The van der Waals surface area contributed by atoms with Gasteiger partial charge in [-0.25, -0.2) is 19.2 Å². The molecule has 1 aliphatic heterocycles. The molecule has 1 aromatic carbocycles. The summed E-state index contributed by atoms with van der Waals surface area (Å²) < 4.78 is 24.0. The van der Waals surface area contributed by atoms with Crippen molar-refractivity contribution in [2.75, 3.05) is 31.7 Å². The maximum atomic E-state index is 13.9. The van der Waals surface area contributed by atoms with Crippen LogP contribution in [0.1, 0.15) is 41.6 Å². The molecule has 2 aromatic rings. The standard InChI is InChI=1S/C21H26FN3O3/c1-15-13-23-21(24-14-15)25-9-7-16(8-10-25)4-3-11-28-17-5-6-18(19(22)12-17)20(26)27-2/h5-6,12-14,16H,3-4,7-11H2,1-2H3. The summed E-state index contributed by atoms with van der Waals surface area (Å²) in [5.74, 6) is 0.575. The van der Waals surface area contributed by atoms with Gasteiger partial charge in [-0.2, -0.15) is 0 Å². The number of benzene rings is 1. The first kappa shape index (κ1) is 20.0. The zero-order chi connectivity index (χ0) is 19.9. The lowest BCUT2D eigenvalue weighted by atomic mass is 9.92. The number of piperidine rings is 1. The van der Waals surface area contributed by atoms with Gasteiger partial charge in [0, 0.05) is 31.5 Å². The number of rotatable bonds is 7. The highest BCUT2D eigenvalue weighted by Gasteiger charge is 2.20. The summed E-state index contributed by atoms with van der Waals surface area (Å²) in [6.07, 6.45) is 7.91. The molecule has 0 N–H and O–H groups in total. The molecule has 6 nitrogen and oxygen atoms in total. The van der Waals surface area contributed by atoms with Crippen molar-refractivity contribution in [2.45, 2.75) is 32.6 Å². The maximum absolute atomic E-state index is 13.9. The lowest BCUT2D eigenvalue weighted by molar-refractivity contribution is 0.0595. The van der Waals surface area contributed by atoms with Gasteiger partial charge in [0.2, 0.25) is 5.95 Å². The van der Waals surface area contributed by atoms with E-state index in [4.69, 9.17) is 4.74 Å². The quantitative estimate of drug-likeness (QED) is 0.532. The van der Waals surface area contributed by atoms with E-state index in [0.29, 0.717) is 18.3 Å². The monoisotopic (exact) mass is 387 g/mol. The number of ether oxygens (including phenoxy) is 2. The fourth-order valence-electron chi connectivity index (χ4n) is 3.39. The van der Waals surface area contributed by atoms with Crippen molar-refractivity contribution in [3.8, 4) is 5.75 Å². The molecular weight excluding hydrogens is 361 g/mol. The van der Waals surface area contributed by atoms with Gasteiger partial charge in [-0.3, -0.25) is 0 Å². The number of methoxy groups -OCH3 is 1. The third-order valence-electron chi connectivity index (χ3n) is 5.04. The minimum Gasteiger partial charge on any atom is -0.493 e. The summed E-state index contributed by atoms with van der Waals surface area (Å²) in [5, 5.41) is 0. The molecule has 0 atom stereocenters. The zero-order valence-corrected chi connectivity index (χ0v) is 16.4. The van der Waals surface area contributed by atoms with E-state index >= 15 is 0 Å². The minimum absolute atomic E-state index is 0.0841. The molecule has 0 radical (unpaired) electrons. The molecule has 3 rings (SSSR count). The Kier molecular flexibility index (Phi) is 6.79. The maximum Gasteiger partial charge on any atom is 0.340 e. The van der Waals surface area contributed by atoms with Gasteiger partial charge in [-0.05, 0) is 56.2 Å². The first-order valence-corrected chi connectivity index (χ1v) is 9.61. The van der Waals surface area contributed by atoms with Crippen LogP contribution in [-0.2, 0) is 4.74 Å². The minimum atomic E-state index is -0.688. The van der Waals surface area contributed by atoms with Crippen LogP contribution in [0.5, 0.6) is 5.75 Å². The molecule has 7 heteroatoms. The van der Waals surface area contributed by atoms with Gasteiger partial charge < -0.3 is 14.4 Å². The van der Waals surface area contributed by atoms with Crippen LogP contribution in [0.2, 0.25) is 0 Å². The second kappa shape index (κ2) is 9.48. The Morgan fingerprint density at radius 2 is 1.96 bits per heavy atom. The van der Waals surface area contributed by atoms with Crippen LogP contribution in [0.25, 0.3) is 0 Å². The normalized spacial score (nSPS) is 14.8. The SMILES string of the molecule is COC(=O)c1ccc(OCCCC2CCN(c3ncc(C)cn3)CC2)cc1F. The van der Waals surface area contributed by atoms with Crippen LogP contribution >= 0.6 is 0 Å². The van der Waals surface area contributed by atoms with E-state index in [1.807, 2.05) is 19.3 Å². The van der Waals surface area contributed by atoms with Crippen molar-refractivity contribution >= 4 is 11.9 Å². The Balaban J connectivity index is 1.38. The van der Waals surface area contributed by atoms with E-state index < -0.39 is 11.8 Å². The molecule has 1 fully saturated rings. The summed E-state index contributed by atoms with van der Waals surface area (Å²) >= 11 is 0. The largest absolute Gasteiger partial charge is 0.493 e. The Bertz CT molecular complexity index is 790. The van der Waals surface area contributed by atoms with Crippen LogP contribution in [0.3, 0.4) is 0 Å². The molecule has 1 aliphatic rings. The highest BCUT2D eigenvalue weighted by atomic mass is 19.1. The number of anilines is 1. The topological polar surface area (TPSA) is 64.6 Å². The molecule has 0 saturated carbocycles. The number of nitrogens with zero attached hydrogens (tertiary/aromatic N) is 3. The fourth-order valence-corrected chi connectivity index (χ4v) is 3.39. The van der Waals surface area contributed by atoms with Crippen molar-refractivity contribution in [3.05, 3.63) is 47.5 Å². The van der Waals surface area contributed by atoms with E-state index in [1.54, 1.807) is 6.07 Å². The van der Waals surface area contributed by atoms with Gasteiger partial charge in [0.1, 0.15) is 11.6 Å². The molecule has 0 aliphatic carbocycles. The smallest absolute Gasteiger partial charge is 0.340 e. The summed E-state index contributed by atoms with van der Waals surface area (Å²) in [7, 11) is 1.23. The van der Waals surface area contributed by atoms with Crippen molar-refractivity contribution in [1.82, 2.24) is 9.97 Å². The van der Waals surface area contributed by atoms with E-state index in [2.05, 4.69) is 19.6 Å². The number of hydrogen-bond donors (Lipinski definition) is 0. The Hall–Kier alpha value is -2.70. The summed E-state index contributed by atoms with van der Waals surface area (Å²) in [6, 6.07) is 4.21. The summed E-state index contributed by atoms with van der Waals surface area (Å²) in [6.45, 7) is 4.45. The highest BCUT2D eigenvalue weighted by molar-refractivity contribution is 5.89. The van der Waals surface area contributed by atoms with Crippen LogP contribution in [-0.4, -0.2) is 42.7 Å². The predicted molar refractivity (Wildman–Crippen MR) is 104 cm³/mol. The Morgan fingerprint density at radius 3 is 2.61 bits per heavy atom. The Morgan fingerprint density at radius 1 is 1.25 bits per heavy atom. The van der Waals surface area contributed by atoms with E-state index in [0.717, 1.165) is 50.3 Å². The van der Waals surface area contributed by atoms with Crippen molar-refractivity contribution in [2.24, 2.45) is 5.92 Å². The third kappa shape index (κ3) is 5.18. The molecular formula is C21H26FN3O3. The molecule has 28 heavy (non-hydrogen) atoms. The number of hydrogen-bond acceptors (Lipinski definition) is 6. The summed E-state index contributed by atoms with van der Waals surface area (Å²) in [4.78, 5) is 22.4. The fraction of sp³-hybridized carbons (Fsp3) is 0.476. The van der Waals surface area contributed by atoms with Crippen LogP contribution < -0.4 is 9.64 Å². The second-order valence-corrected chi connectivity index (χ2v) is 7.11.